The van der Waals surface area contributed by atoms with Crippen molar-refractivity contribution in [3.8, 4) is 0 Å². The first-order valence-corrected chi connectivity index (χ1v) is 8.69. The van der Waals surface area contributed by atoms with E-state index in [0.29, 0.717) is 12.5 Å². The molecule has 1 aromatic rings. The maximum atomic E-state index is 13.2. The van der Waals surface area contributed by atoms with Crippen molar-refractivity contribution in [2.24, 2.45) is 10.9 Å². The summed E-state index contributed by atoms with van der Waals surface area (Å²) >= 11 is 7.45. The Kier molecular flexibility index (Phi) is 4.87. The summed E-state index contributed by atoms with van der Waals surface area (Å²) in [5.41, 5.74) is 5.26. The predicted octanol–water partition coefficient (Wildman–Crippen LogP) is 3.18. The first-order valence-electron chi connectivity index (χ1n) is 7.44. The fourth-order valence-corrected chi connectivity index (χ4v) is 3.31. The van der Waals surface area contributed by atoms with Crippen LogP contribution in [0.4, 0.5) is 10.1 Å². The summed E-state index contributed by atoms with van der Waals surface area (Å²) in [6, 6.07) is 4.61. The molecule has 5 nitrogen and oxygen atoms in total. The predicted molar refractivity (Wildman–Crippen MR) is 94.6 cm³/mol. The molecule has 1 unspecified atom stereocenters. The van der Waals surface area contributed by atoms with Crippen LogP contribution >= 0.6 is 23.4 Å². The van der Waals surface area contributed by atoms with Crippen LogP contribution in [0.15, 0.2) is 35.1 Å². The lowest BCUT2D eigenvalue weighted by Gasteiger charge is -2.20. The first-order chi connectivity index (χ1) is 11.0. The molecule has 0 radical (unpaired) electrons. The average molecular weight is 356 g/mol. The highest BCUT2D eigenvalue weighted by atomic mass is 35.5. The number of halogens is 2. The molecular formula is C15H19ClFN5S. The Balaban J connectivity index is 1.57. The molecule has 2 aliphatic heterocycles. The number of hydrazine groups is 1. The molecule has 2 heterocycles. The molecule has 0 aliphatic carbocycles. The number of anilines is 1. The number of hydrogen-bond donors (Lipinski definition) is 3. The van der Waals surface area contributed by atoms with E-state index in [0.717, 1.165) is 23.1 Å². The summed E-state index contributed by atoms with van der Waals surface area (Å²) in [5, 5.41) is 9.62. The second-order valence-electron chi connectivity index (χ2n) is 5.78. The third-order valence-electron chi connectivity index (χ3n) is 3.37. The van der Waals surface area contributed by atoms with Gasteiger partial charge in [0.15, 0.2) is 10.7 Å². The van der Waals surface area contributed by atoms with Crippen molar-refractivity contribution in [1.29, 1.82) is 0 Å². The van der Waals surface area contributed by atoms with Crippen LogP contribution in [0.1, 0.15) is 13.8 Å². The number of nitrogens with zero attached hydrogens (tertiary/aromatic N) is 2. The van der Waals surface area contributed by atoms with Gasteiger partial charge in [-0.1, -0.05) is 25.4 Å². The van der Waals surface area contributed by atoms with Crippen LogP contribution < -0.4 is 16.1 Å². The zero-order valence-corrected chi connectivity index (χ0v) is 14.5. The van der Waals surface area contributed by atoms with Gasteiger partial charge in [0.2, 0.25) is 0 Å². The minimum Gasteiger partial charge on any atom is -0.379 e. The van der Waals surface area contributed by atoms with E-state index in [4.69, 9.17) is 11.6 Å². The number of fused-ring (bicyclic) bond motifs is 1. The van der Waals surface area contributed by atoms with Crippen LogP contribution in [0.2, 0.25) is 5.02 Å². The van der Waals surface area contributed by atoms with Gasteiger partial charge in [-0.3, -0.25) is 15.4 Å². The van der Waals surface area contributed by atoms with Gasteiger partial charge in [-0.15, -0.1) is 0 Å². The number of thioether (sulfide) groups is 1. The Hall–Kier alpha value is -1.60. The van der Waals surface area contributed by atoms with Crippen LogP contribution in [0.25, 0.3) is 0 Å². The Morgan fingerprint density at radius 2 is 2.30 bits per heavy atom. The van der Waals surface area contributed by atoms with Gasteiger partial charge in [-0.2, -0.15) is 0 Å². The Labute approximate surface area is 144 Å². The molecule has 1 aromatic carbocycles. The Morgan fingerprint density at radius 1 is 1.48 bits per heavy atom. The van der Waals surface area contributed by atoms with E-state index < -0.39 is 5.82 Å². The largest absolute Gasteiger partial charge is 0.379 e. The molecule has 124 valence electrons. The minimum atomic E-state index is -0.414. The van der Waals surface area contributed by atoms with Crippen molar-refractivity contribution in [1.82, 2.24) is 15.8 Å². The van der Waals surface area contributed by atoms with Gasteiger partial charge in [0.1, 0.15) is 5.82 Å². The maximum Gasteiger partial charge on any atom is 0.179 e. The monoisotopic (exact) mass is 355 g/mol. The fourth-order valence-electron chi connectivity index (χ4n) is 2.19. The topological polar surface area (TPSA) is 51.7 Å². The molecule has 1 atom stereocenters. The number of benzene rings is 1. The lowest BCUT2D eigenvalue weighted by molar-refractivity contribution is 0.307. The van der Waals surface area contributed by atoms with Crippen LogP contribution in [0.3, 0.4) is 0 Å². The fraction of sp³-hybridized carbons (Fsp3) is 0.400. The van der Waals surface area contributed by atoms with E-state index in [2.05, 4.69) is 34.9 Å². The molecule has 3 N–H and O–H groups in total. The lowest BCUT2D eigenvalue weighted by atomic mass is 10.2. The number of rotatable bonds is 5. The second kappa shape index (κ2) is 6.88. The third kappa shape index (κ3) is 3.84. The van der Waals surface area contributed by atoms with Crippen molar-refractivity contribution >= 4 is 34.2 Å². The number of aliphatic imine (C=N–C) groups is 1. The summed E-state index contributed by atoms with van der Waals surface area (Å²) in [7, 11) is 0. The number of amidine groups is 1. The lowest BCUT2D eigenvalue weighted by Crippen LogP contribution is -2.38. The number of nitrogens with one attached hydrogen (secondary N) is 3. The molecule has 1 fully saturated rings. The van der Waals surface area contributed by atoms with E-state index >= 15 is 0 Å². The van der Waals surface area contributed by atoms with Gasteiger partial charge >= 0.3 is 0 Å². The molecule has 0 aromatic heterocycles. The van der Waals surface area contributed by atoms with Crippen LogP contribution in [0.5, 0.6) is 0 Å². The first kappa shape index (κ1) is 16.3. The van der Waals surface area contributed by atoms with Crippen molar-refractivity contribution in [2.45, 2.75) is 19.3 Å². The molecule has 0 amide bonds. The van der Waals surface area contributed by atoms with Gasteiger partial charge in [-0.05, 0) is 35.9 Å². The smallest absolute Gasteiger partial charge is 0.179 e. The molecule has 0 bridgehead atoms. The molecule has 23 heavy (non-hydrogen) atoms. The summed E-state index contributed by atoms with van der Waals surface area (Å²) in [6.45, 7) is 5.69. The highest BCUT2D eigenvalue weighted by molar-refractivity contribution is 8.14. The molecule has 2 aliphatic rings. The van der Waals surface area contributed by atoms with Crippen molar-refractivity contribution in [3.05, 3.63) is 40.9 Å². The quantitative estimate of drug-likeness (QED) is 0.757. The van der Waals surface area contributed by atoms with Gasteiger partial charge in [-0.25, -0.2) is 4.39 Å². The van der Waals surface area contributed by atoms with E-state index in [1.54, 1.807) is 23.9 Å². The van der Waals surface area contributed by atoms with Crippen LogP contribution in [0, 0.1) is 11.7 Å². The highest BCUT2D eigenvalue weighted by Gasteiger charge is 2.34. The molecule has 8 heteroatoms. The van der Waals surface area contributed by atoms with Crippen LogP contribution in [-0.4, -0.2) is 28.8 Å². The normalized spacial score (nSPS) is 21.3. The van der Waals surface area contributed by atoms with Gasteiger partial charge < -0.3 is 10.6 Å². The molecule has 0 spiro atoms. The van der Waals surface area contributed by atoms with Crippen molar-refractivity contribution < 1.29 is 4.39 Å². The Morgan fingerprint density at radius 3 is 3.04 bits per heavy atom. The van der Waals surface area contributed by atoms with E-state index in [1.807, 2.05) is 11.2 Å². The molecule has 1 saturated heterocycles. The average Bonchev–Trinajstić information content (AvgIpc) is 3.07. The van der Waals surface area contributed by atoms with E-state index in [9.17, 15) is 4.39 Å². The van der Waals surface area contributed by atoms with Crippen molar-refractivity contribution in [3.63, 3.8) is 0 Å². The summed E-state index contributed by atoms with van der Waals surface area (Å²) in [6.07, 6.45) is 1.96. The standard InChI is InChI=1S/C15H19ClFN5S/c1-9(2)6-19-14-21-22-11(8-20-15(22)23-14)7-18-10-3-4-13(17)12(16)5-10/h3-5,8-9,15,18,20H,6-7H2,1-2H3,(H,19,21). The second-order valence-corrected chi connectivity index (χ2v) is 7.25. The Bertz CT molecular complexity index is 649. The van der Waals surface area contributed by atoms with Gasteiger partial charge in [0, 0.05) is 18.4 Å². The summed E-state index contributed by atoms with van der Waals surface area (Å²) in [4.78, 5) is 4.56. The summed E-state index contributed by atoms with van der Waals surface area (Å²) in [5.74, 6) is 0.121. The molecule has 3 rings (SSSR count). The SMILES string of the molecule is CC(C)CN=C1NN2C(CNc3ccc(F)c(Cl)c3)=CNC2S1. The number of hydrogen-bond acceptors (Lipinski definition) is 5. The minimum absolute atomic E-state index is 0.115. The molecule has 0 saturated carbocycles. The van der Waals surface area contributed by atoms with Crippen LogP contribution in [-0.2, 0) is 0 Å². The highest BCUT2D eigenvalue weighted by Crippen LogP contribution is 2.28. The van der Waals surface area contributed by atoms with Crippen molar-refractivity contribution in [2.75, 3.05) is 18.4 Å². The van der Waals surface area contributed by atoms with E-state index in [1.165, 1.54) is 6.07 Å². The molecular weight excluding hydrogens is 337 g/mol. The van der Waals surface area contributed by atoms with E-state index in [-0.39, 0.29) is 10.5 Å². The zero-order valence-electron chi connectivity index (χ0n) is 12.9. The maximum absolute atomic E-state index is 13.2. The zero-order chi connectivity index (χ0) is 16.4. The summed E-state index contributed by atoms with van der Waals surface area (Å²) < 4.78 is 13.2. The van der Waals surface area contributed by atoms with Gasteiger partial charge in [0.05, 0.1) is 17.3 Å². The van der Waals surface area contributed by atoms with Gasteiger partial charge in [0.25, 0.3) is 0 Å². The third-order valence-corrected chi connectivity index (χ3v) is 4.67.